The van der Waals surface area contributed by atoms with Crippen molar-refractivity contribution in [2.45, 2.75) is 18.8 Å². The van der Waals surface area contributed by atoms with Crippen LogP contribution in [0.25, 0.3) is 10.6 Å². The highest BCUT2D eigenvalue weighted by atomic mass is 32.1. The number of halogens is 2. The molecule has 1 amide bonds. The standard InChI is InChI=1S/C26H18F2N4O2S/c27-20-9-14(24(29)30)10-21(28)19(20)11-32-25(33)12-1-3-15-17(7-12)23-18-8-13(26-31-5-6-35-26)2-4-16(18)22(15)34-23/h1-10,22-23H,11H2,(H3,29,30)(H,32,33)/t22-,23+/m1/s1. The first-order chi connectivity index (χ1) is 16.9. The first-order valence-electron chi connectivity index (χ1n) is 10.8. The van der Waals surface area contributed by atoms with E-state index in [4.69, 9.17) is 15.9 Å². The van der Waals surface area contributed by atoms with Gasteiger partial charge in [-0.2, -0.15) is 0 Å². The number of amidine groups is 1. The lowest BCUT2D eigenvalue weighted by atomic mass is 9.84. The number of nitrogens with two attached hydrogens (primary N) is 1. The number of thiazole rings is 1. The van der Waals surface area contributed by atoms with Gasteiger partial charge in [0.15, 0.2) is 0 Å². The Morgan fingerprint density at radius 3 is 2.37 bits per heavy atom. The molecule has 174 valence electrons. The lowest BCUT2D eigenvalue weighted by Crippen LogP contribution is -2.24. The summed E-state index contributed by atoms with van der Waals surface area (Å²) >= 11 is 1.57. The van der Waals surface area contributed by atoms with E-state index < -0.39 is 23.4 Å². The largest absolute Gasteiger partial charge is 0.384 e. The van der Waals surface area contributed by atoms with E-state index >= 15 is 0 Å². The molecule has 0 radical (unpaired) electrons. The smallest absolute Gasteiger partial charge is 0.251 e. The number of carbonyl (C=O) groups is 1. The third kappa shape index (κ3) is 3.51. The first kappa shape index (κ1) is 21.6. The van der Waals surface area contributed by atoms with Crippen LogP contribution in [0.2, 0.25) is 0 Å². The molecule has 1 aromatic heterocycles. The van der Waals surface area contributed by atoms with Crippen molar-refractivity contribution in [3.63, 3.8) is 0 Å². The molecule has 2 aliphatic heterocycles. The lowest BCUT2D eigenvalue weighted by Gasteiger charge is -2.17. The van der Waals surface area contributed by atoms with Gasteiger partial charge in [0, 0.05) is 40.4 Å². The van der Waals surface area contributed by atoms with Gasteiger partial charge in [-0.1, -0.05) is 18.2 Å². The van der Waals surface area contributed by atoms with Gasteiger partial charge in [-0.15, -0.1) is 11.3 Å². The van der Waals surface area contributed by atoms with E-state index in [9.17, 15) is 13.6 Å². The van der Waals surface area contributed by atoms with Crippen LogP contribution >= 0.6 is 11.3 Å². The summed E-state index contributed by atoms with van der Waals surface area (Å²) in [5.41, 5.74) is 10.4. The molecule has 6 nitrogen and oxygen atoms in total. The third-order valence-corrected chi connectivity index (χ3v) is 7.22. The van der Waals surface area contributed by atoms with Crippen LogP contribution in [-0.2, 0) is 11.3 Å². The summed E-state index contributed by atoms with van der Waals surface area (Å²) < 4.78 is 34.9. The van der Waals surface area contributed by atoms with Crippen LogP contribution in [0.4, 0.5) is 8.78 Å². The zero-order chi connectivity index (χ0) is 24.3. The van der Waals surface area contributed by atoms with Gasteiger partial charge in [0.2, 0.25) is 0 Å². The SMILES string of the molecule is N=C(N)c1cc(F)c(CNC(=O)c2ccc3c(c2)[C@@H]2O[C@H]3c3ccc(-c4nccs4)cc32)c(F)c1. The topological polar surface area (TPSA) is 101 Å². The number of fused-ring (bicyclic) bond motifs is 8. The van der Waals surface area contributed by atoms with Gasteiger partial charge in [-0.05, 0) is 52.6 Å². The van der Waals surface area contributed by atoms with E-state index in [1.807, 2.05) is 17.5 Å². The zero-order valence-electron chi connectivity index (χ0n) is 18.1. The maximum Gasteiger partial charge on any atom is 0.251 e. The molecular weight excluding hydrogens is 470 g/mol. The summed E-state index contributed by atoms with van der Waals surface area (Å²) in [5, 5.41) is 12.8. The Morgan fingerprint density at radius 1 is 1.00 bits per heavy atom. The summed E-state index contributed by atoms with van der Waals surface area (Å²) in [6.45, 7) is -0.339. The molecule has 4 N–H and O–H groups in total. The van der Waals surface area contributed by atoms with Gasteiger partial charge in [0.1, 0.15) is 34.7 Å². The fraction of sp³-hybridized carbons (Fsp3) is 0.115. The summed E-state index contributed by atoms with van der Waals surface area (Å²) in [5.74, 6) is -2.64. The number of nitrogens with one attached hydrogen (secondary N) is 2. The molecule has 0 spiro atoms. The van der Waals surface area contributed by atoms with Gasteiger partial charge in [0.05, 0.1) is 0 Å². The molecular formula is C26H18F2N4O2S. The molecule has 3 heterocycles. The summed E-state index contributed by atoms with van der Waals surface area (Å²) in [4.78, 5) is 17.2. The average Bonchev–Trinajstić information content (AvgIpc) is 3.59. The highest BCUT2D eigenvalue weighted by Crippen LogP contribution is 2.54. The maximum absolute atomic E-state index is 14.3. The number of carbonyl (C=O) groups excluding carboxylic acids is 1. The molecule has 0 saturated carbocycles. The normalized spacial score (nSPS) is 17.2. The Balaban J connectivity index is 1.24. The second-order valence-electron chi connectivity index (χ2n) is 8.44. The fourth-order valence-corrected chi connectivity index (χ4v) is 5.32. The molecule has 3 aromatic carbocycles. The average molecular weight is 489 g/mol. The molecule has 9 heteroatoms. The molecule has 2 aliphatic rings. The monoisotopic (exact) mass is 488 g/mol. The van der Waals surface area contributed by atoms with Gasteiger partial charge in [-0.25, -0.2) is 13.8 Å². The minimum absolute atomic E-state index is 0.0537. The molecule has 2 bridgehead atoms. The van der Waals surface area contributed by atoms with Crippen molar-refractivity contribution in [2.75, 3.05) is 0 Å². The van der Waals surface area contributed by atoms with E-state index in [-0.39, 0.29) is 29.9 Å². The molecule has 0 unspecified atom stereocenters. The van der Waals surface area contributed by atoms with Crippen molar-refractivity contribution < 1.29 is 18.3 Å². The van der Waals surface area contributed by atoms with Crippen molar-refractivity contribution in [3.05, 3.63) is 111 Å². The van der Waals surface area contributed by atoms with Crippen molar-refractivity contribution in [1.82, 2.24) is 10.3 Å². The van der Waals surface area contributed by atoms with Gasteiger partial charge in [0.25, 0.3) is 5.91 Å². The van der Waals surface area contributed by atoms with Crippen molar-refractivity contribution >= 4 is 23.1 Å². The highest BCUT2D eigenvalue weighted by molar-refractivity contribution is 7.13. The van der Waals surface area contributed by atoms with E-state index in [2.05, 4.69) is 22.4 Å². The van der Waals surface area contributed by atoms with Crippen LogP contribution in [0.3, 0.4) is 0 Å². The van der Waals surface area contributed by atoms with Crippen LogP contribution in [0, 0.1) is 17.0 Å². The second-order valence-corrected chi connectivity index (χ2v) is 9.33. The molecule has 4 aromatic rings. The number of nitrogen functional groups attached to an aromatic ring is 1. The molecule has 0 fully saturated rings. The van der Waals surface area contributed by atoms with Crippen molar-refractivity contribution in [3.8, 4) is 10.6 Å². The van der Waals surface area contributed by atoms with Gasteiger partial charge < -0.3 is 15.8 Å². The third-order valence-electron chi connectivity index (χ3n) is 6.39. The number of amides is 1. The molecule has 35 heavy (non-hydrogen) atoms. The Bertz CT molecular complexity index is 1500. The van der Waals surface area contributed by atoms with E-state index in [0.29, 0.717) is 5.56 Å². The number of nitrogens with zero attached hydrogens (tertiary/aromatic N) is 1. The fourth-order valence-electron chi connectivity index (χ4n) is 4.68. The van der Waals surface area contributed by atoms with Crippen LogP contribution in [0.15, 0.2) is 60.1 Å². The quantitative estimate of drug-likeness (QED) is 0.277. The van der Waals surface area contributed by atoms with Gasteiger partial charge in [-0.3, -0.25) is 10.2 Å². The van der Waals surface area contributed by atoms with Crippen molar-refractivity contribution in [1.29, 1.82) is 5.41 Å². The van der Waals surface area contributed by atoms with E-state index in [1.54, 1.807) is 29.7 Å². The van der Waals surface area contributed by atoms with Gasteiger partial charge >= 0.3 is 0 Å². The van der Waals surface area contributed by atoms with E-state index in [0.717, 1.165) is 45.0 Å². The Hall–Kier alpha value is -3.95. The van der Waals surface area contributed by atoms with E-state index in [1.165, 1.54) is 0 Å². The molecule has 6 rings (SSSR count). The van der Waals surface area contributed by atoms with Crippen LogP contribution < -0.4 is 11.1 Å². The molecule has 0 saturated heterocycles. The minimum Gasteiger partial charge on any atom is -0.384 e. The summed E-state index contributed by atoms with van der Waals surface area (Å²) in [7, 11) is 0. The predicted octanol–water partition coefficient (Wildman–Crippen LogP) is 4.82. The Labute approximate surface area is 202 Å². The Morgan fingerprint density at radius 2 is 1.69 bits per heavy atom. The number of rotatable bonds is 5. The first-order valence-corrected chi connectivity index (χ1v) is 11.7. The van der Waals surface area contributed by atoms with Crippen molar-refractivity contribution in [2.24, 2.45) is 5.73 Å². The number of aromatic nitrogens is 1. The highest BCUT2D eigenvalue weighted by Gasteiger charge is 2.43. The predicted molar refractivity (Wildman–Crippen MR) is 127 cm³/mol. The number of hydrogen-bond acceptors (Lipinski definition) is 5. The zero-order valence-corrected chi connectivity index (χ0v) is 19.0. The summed E-state index contributed by atoms with van der Waals surface area (Å²) in [6, 6.07) is 13.5. The minimum atomic E-state index is -0.872. The number of hydrogen-bond donors (Lipinski definition) is 3. The van der Waals surface area contributed by atoms with Crippen LogP contribution in [0.1, 0.15) is 55.9 Å². The lowest BCUT2D eigenvalue weighted by molar-refractivity contribution is 0.0857. The number of benzene rings is 3. The van der Waals surface area contributed by atoms with Crippen LogP contribution in [0.5, 0.6) is 0 Å². The Kier molecular flexibility index (Phi) is 4.98. The van der Waals surface area contributed by atoms with Crippen LogP contribution in [-0.4, -0.2) is 16.7 Å². The molecule has 0 aliphatic carbocycles. The summed E-state index contributed by atoms with van der Waals surface area (Å²) in [6.07, 6.45) is 1.30. The number of ether oxygens (including phenoxy) is 1. The molecule has 2 atom stereocenters. The second kappa shape index (κ2) is 8.07. The maximum atomic E-state index is 14.3.